The van der Waals surface area contributed by atoms with E-state index in [9.17, 15) is 9.59 Å². The maximum Gasteiger partial charge on any atom is 0.233 e. The molecule has 0 aromatic carbocycles. The van der Waals surface area contributed by atoms with Crippen molar-refractivity contribution in [3.8, 4) is 0 Å². The summed E-state index contributed by atoms with van der Waals surface area (Å²) >= 11 is 6.09. The second kappa shape index (κ2) is 5.27. The zero-order valence-electron chi connectivity index (χ0n) is 11.7. The molecule has 2 fully saturated rings. The van der Waals surface area contributed by atoms with E-state index >= 15 is 0 Å². The fourth-order valence-electron chi connectivity index (χ4n) is 3.33. The van der Waals surface area contributed by atoms with Crippen molar-refractivity contribution in [2.24, 2.45) is 23.6 Å². The normalized spacial score (nSPS) is 28.1. The Balaban J connectivity index is 1.83. The number of hydrogen-bond acceptors (Lipinski definition) is 5. The zero-order chi connectivity index (χ0) is 15.1. The van der Waals surface area contributed by atoms with Crippen LogP contribution in [0.15, 0.2) is 12.1 Å². The number of amides is 2. The number of hydrogen-bond donors (Lipinski definition) is 2. The number of fused-ring (bicyclic) bond motifs is 1. The minimum atomic E-state index is -0.165. The highest BCUT2D eigenvalue weighted by atomic mass is 35.5. The van der Waals surface area contributed by atoms with Gasteiger partial charge in [-0.05, 0) is 30.9 Å². The van der Waals surface area contributed by atoms with Crippen LogP contribution in [0.3, 0.4) is 0 Å². The Morgan fingerprint density at radius 2 is 1.95 bits per heavy atom. The van der Waals surface area contributed by atoms with E-state index in [1.54, 1.807) is 12.1 Å². The molecule has 1 saturated heterocycles. The Morgan fingerprint density at radius 1 is 1.33 bits per heavy atom. The van der Waals surface area contributed by atoms with Gasteiger partial charge in [0.15, 0.2) is 0 Å². The molecule has 2 amide bonds. The first-order chi connectivity index (χ1) is 10.0. The lowest BCUT2D eigenvalue weighted by Gasteiger charge is -2.17. The van der Waals surface area contributed by atoms with Crippen LogP contribution < -0.4 is 11.3 Å². The molecule has 7 heteroatoms. The molecule has 6 nitrogen and oxygen atoms in total. The molecule has 0 radical (unpaired) electrons. The number of carbonyl (C=O) groups excluding carboxylic acids is 2. The van der Waals surface area contributed by atoms with E-state index < -0.39 is 0 Å². The summed E-state index contributed by atoms with van der Waals surface area (Å²) < 4.78 is 0. The van der Waals surface area contributed by atoms with Gasteiger partial charge in [-0.2, -0.15) is 0 Å². The number of anilines is 1. The lowest BCUT2D eigenvalue weighted by Crippen LogP contribution is -2.32. The van der Waals surface area contributed by atoms with Crippen molar-refractivity contribution in [3.05, 3.63) is 22.8 Å². The van der Waals surface area contributed by atoms with Crippen molar-refractivity contribution in [1.82, 2.24) is 9.88 Å². The molecule has 2 aliphatic rings. The van der Waals surface area contributed by atoms with Gasteiger partial charge in [-0.3, -0.25) is 14.5 Å². The molecular formula is C14H17ClN4O2. The maximum absolute atomic E-state index is 12.4. The molecule has 0 spiro atoms. The highest BCUT2D eigenvalue weighted by Crippen LogP contribution is 2.43. The van der Waals surface area contributed by atoms with Crippen LogP contribution in [-0.4, -0.2) is 21.7 Å². The highest BCUT2D eigenvalue weighted by Gasteiger charge is 2.51. The van der Waals surface area contributed by atoms with Crippen LogP contribution in [0.25, 0.3) is 0 Å². The second-order valence-electron chi connectivity index (χ2n) is 5.82. The number of pyridine rings is 1. The molecular weight excluding hydrogens is 292 g/mol. The molecule has 21 heavy (non-hydrogen) atoms. The maximum atomic E-state index is 12.4. The number of nitrogens with two attached hydrogens (primary N) is 1. The molecule has 1 saturated carbocycles. The average molecular weight is 309 g/mol. The zero-order valence-corrected chi connectivity index (χ0v) is 12.4. The van der Waals surface area contributed by atoms with Crippen molar-refractivity contribution in [3.63, 3.8) is 0 Å². The summed E-state index contributed by atoms with van der Waals surface area (Å²) in [5, 5.41) is 0.417. The number of aromatic nitrogens is 1. The van der Waals surface area contributed by atoms with Gasteiger partial charge in [0, 0.05) is 0 Å². The Morgan fingerprint density at radius 3 is 2.52 bits per heavy atom. The number of halogens is 1. The number of hydrazine groups is 1. The van der Waals surface area contributed by atoms with E-state index in [0.717, 1.165) is 12.8 Å². The predicted molar refractivity (Wildman–Crippen MR) is 78.0 cm³/mol. The number of carbonyl (C=O) groups is 2. The lowest BCUT2D eigenvalue weighted by atomic mass is 10.00. The minimum Gasteiger partial charge on any atom is -0.308 e. The van der Waals surface area contributed by atoms with Crippen molar-refractivity contribution in [2.75, 3.05) is 5.43 Å². The number of nitrogens with zero attached hydrogens (tertiary/aromatic N) is 2. The molecule has 3 rings (SSSR count). The number of nitrogens with one attached hydrogen (secondary N) is 1. The van der Waals surface area contributed by atoms with Crippen LogP contribution >= 0.6 is 11.6 Å². The van der Waals surface area contributed by atoms with E-state index in [2.05, 4.69) is 17.3 Å². The first kappa shape index (κ1) is 14.3. The van der Waals surface area contributed by atoms with Crippen LogP contribution in [0, 0.1) is 17.8 Å². The molecule has 112 valence electrons. The first-order valence-corrected chi connectivity index (χ1v) is 7.36. The fourth-order valence-corrected chi connectivity index (χ4v) is 3.49. The van der Waals surface area contributed by atoms with Gasteiger partial charge in [0.25, 0.3) is 0 Å². The van der Waals surface area contributed by atoms with Gasteiger partial charge in [-0.1, -0.05) is 18.5 Å². The molecule has 2 heterocycles. The fraction of sp³-hybridized carbons (Fsp3) is 0.500. The summed E-state index contributed by atoms with van der Waals surface area (Å²) in [6.45, 7) is 2.19. The monoisotopic (exact) mass is 308 g/mol. The molecule has 1 aromatic heterocycles. The molecule has 1 aliphatic heterocycles. The summed E-state index contributed by atoms with van der Waals surface area (Å²) in [6.07, 6.45) is 1.58. The van der Waals surface area contributed by atoms with Gasteiger partial charge < -0.3 is 5.43 Å². The Bertz CT molecular complexity index is 583. The molecule has 3 N–H and O–H groups in total. The third-order valence-corrected chi connectivity index (χ3v) is 4.68. The molecule has 2 unspecified atom stereocenters. The number of imide groups is 1. The minimum absolute atomic E-state index is 0.0988. The van der Waals surface area contributed by atoms with E-state index in [1.807, 2.05) is 0 Å². The number of rotatable bonds is 3. The molecule has 0 bridgehead atoms. The standard InChI is InChI=1S/C14H17ClN4O2/c1-7-4-8-9(5-7)14(21)19(13(8)20)6-11-10(15)2-3-12(17-11)18-16/h2-3,7-9H,4-6,16H2,1H3,(H,17,18). The Hall–Kier alpha value is -1.66. The van der Waals surface area contributed by atoms with Crippen LogP contribution in [0.1, 0.15) is 25.5 Å². The topological polar surface area (TPSA) is 88.3 Å². The summed E-state index contributed by atoms with van der Waals surface area (Å²) in [5.41, 5.74) is 2.90. The number of likely N-dealkylation sites (tertiary alicyclic amines) is 1. The SMILES string of the molecule is CC1CC2C(=O)N(Cc3nc(NN)ccc3Cl)C(=O)C2C1. The molecule has 2 atom stereocenters. The van der Waals surface area contributed by atoms with Crippen LogP contribution in [0.2, 0.25) is 5.02 Å². The average Bonchev–Trinajstić information content (AvgIpc) is 2.94. The van der Waals surface area contributed by atoms with Crippen molar-refractivity contribution in [2.45, 2.75) is 26.3 Å². The smallest absolute Gasteiger partial charge is 0.233 e. The van der Waals surface area contributed by atoms with Crippen molar-refractivity contribution < 1.29 is 9.59 Å². The van der Waals surface area contributed by atoms with Crippen LogP contribution in [0.5, 0.6) is 0 Å². The van der Waals surface area contributed by atoms with E-state index in [0.29, 0.717) is 22.5 Å². The largest absolute Gasteiger partial charge is 0.308 e. The molecule has 1 aromatic rings. The van der Waals surface area contributed by atoms with E-state index in [4.69, 9.17) is 17.4 Å². The lowest BCUT2D eigenvalue weighted by molar-refractivity contribution is -0.141. The Kier molecular flexibility index (Phi) is 3.59. The summed E-state index contributed by atoms with van der Waals surface area (Å²) in [7, 11) is 0. The summed E-state index contributed by atoms with van der Waals surface area (Å²) in [4.78, 5) is 30.3. The highest BCUT2D eigenvalue weighted by molar-refractivity contribution is 6.31. The van der Waals surface area contributed by atoms with Gasteiger partial charge in [-0.15, -0.1) is 0 Å². The summed E-state index contributed by atoms with van der Waals surface area (Å²) in [5.74, 6) is 5.67. The van der Waals surface area contributed by atoms with Crippen molar-refractivity contribution in [1.29, 1.82) is 0 Å². The van der Waals surface area contributed by atoms with Gasteiger partial charge in [0.05, 0.1) is 29.1 Å². The van der Waals surface area contributed by atoms with E-state index in [-0.39, 0.29) is 30.2 Å². The van der Waals surface area contributed by atoms with Crippen LogP contribution in [-0.2, 0) is 16.1 Å². The second-order valence-corrected chi connectivity index (χ2v) is 6.23. The van der Waals surface area contributed by atoms with Crippen LogP contribution in [0.4, 0.5) is 5.82 Å². The molecule has 1 aliphatic carbocycles. The quantitative estimate of drug-likeness (QED) is 0.502. The van der Waals surface area contributed by atoms with E-state index in [1.165, 1.54) is 4.90 Å². The van der Waals surface area contributed by atoms with Gasteiger partial charge in [0.1, 0.15) is 5.82 Å². The number of nitrogen functional groups attached to an aromatic ring is 1. The van der Waals surface area contributed by atoms with Gasteiger partial charge >= 0.3 is 0 Å². The van der Waals surface area contributed by atoms with Gasteiger partial charge in [-0.25, -0.2) is 10.8 Å². The van der Waals surface area contributed by atoms with Crippen molar-refractivity contribution >= 4 is 29.2 Å². The Labute approximate surface area is 127 Å². The summed E-state index contributed by atoms with van der Waals surface area (Å²) in [6, 6.07) is 3.28. The first-order valence-electron chi connectivity index (χ1n) is 6.98. The third kappa shape index (κ3) is 2.38. The predicted octanol–water partition coefficient (Wildman–Crippen LogP) is 1.55. The van der Waals surface area contributed by atoms with Gasteiger partial charge in [0.2, 0.25) is 11.8 Å². The third-order valence-electron chi connectivity index (χ3n) is 4.34.